The maximum atomic E-state index is 15.5. The van der Waals surface area contributed by atoms with E-state index in [2.05, 4.69) is 26.6 Å². The fourth-order valence-electron chi connectivity index (χ4n) is 4.54. The minimum Gasteiger partial charge on any atom is -0.466 e. The molecule has 2 N–H and O–H groups in total. The van der Waals surface area contributed by atoms with E-state index in [0.29, 0.717) is 22.9 Å². The molecule has 2 heterocycles. The Balaban J connectivity index is 1.43. The molecule has 33 heavy (non-hydrogen) atoms. The fraction of sp³-hybridized carbons (Fsp3) is 0.400. The van der Waals surface area contributed by atoms with Crippen LogP contribution in [0.1, 0.15) is 52.7 Å². The van der Waals surface area contributed by atoms with Crippen LogP contribution in [0.4, 0.5) is 10.1 Å². The molecule has 1 aromatic heterocycles. The fourth-order valence-corrected chi connectivity index (χ4v) is 4.54. The second-order valence-corrected chi connectivity index (χ2v) is 8.85. The highest BCUT2D eigenvalue weighted by molar-refractivity contribution is 5.98. The quantitative estimate of drug-likeness (QED) is 0.563. The summed E-state index contributed by atoms with van der Waals surface area (Å²) in [6.07, 6.45) is 2.97. The Bertz CT molecular complexity index is 1180. The highest BCUT2D eigenvalue weighted by Gasteiger charge is 2.47. The number of carbonyl (C=O) groups is 1. The van der Waals surface area contributed by atoms with Gasteiger partial charge in [0.1, 0.15) is 0 Å². The zero-order valence-corrected chi connectivity index (χ0v) is 19.1. The number of benzene rings is 2. The Morgan fingerprint density at radius 2 is 2.00 bits per heavy atom. The molecule has 1 amide bonds. The van der Waals surface area contributed by atoms with Crippen LogP contribution in [0.2, 0.25) is 0 Å². The Kier molecular flexibility index (Phi) is 5.31. The molecule has 0 bridgehead atoms. The molecule has 8 heteroatoms. The molecule has 2 aromatic carbocycles. The number of likely N-dealkylation sites (tertiary alicyclic amines) is 1. The molecule has 0 unspecified atom stereocenters. The van der Waals surface area contributed by atoms with E-state index in [1.807, 2.05) is 32.2 Å². The number of rotatable bonds is 7. The summed E-state index contributed by atoms with van der Waals surface area (Å²) in [5.41, 5.74) is 3.61. The van der Waals surface area contributed by atoms with Crippen molar-refractivity contribution in [3.63, 3.8) is 0 Å². The molecular formula is C25H28FN5O2. The zero-order valence-electron chi connectivity index (χ0n) is 19.1. The molecule has 5 rings (SSSR count). The lowest BCUT2D eigenvalue weighted by Crippen LogP contribution is -2.58. The van der Waals surface area contributed by atoms with Gasteiger partial charge in [0.25, 0.3) is 5.91 Å². The van der Waals surface area contributed by atoms with Gasteiger partial charge in [-0.05, 0) is 60.1 Å². The van der Waals surface area contributed by atoms with E-state index in [9.17, 15) is 4.79 Å². The number of aryl methyl sites for hydroxylation is 1. The van der Waals surface area contributed by atoms with Crippen LogP contribution in [0, 0.1) is 0 Å². The maximum Gasteiger partial charge on any atom is 0.335 e. The molecule has 2 fully saturated rings. The topological polar surface area (TPSA) is 83.1 Å². The van der Waals surface area contributed by atoms with E-state index in [1.165, 1.54) is 12.7 Å². The number of aromatic nitrogens is 3. The summed E-state index contributed by atoms with van der Waals surface area (Å²) < 4.78 is 20.6. The third kappa shape index (κ3) is 3.83. The molecule has 1 saturated carbocycles. The molecule has 3 aromatic rings. The largest absolute Gasteiger partial charge is 0.466 e. The van der Waals surface area contributed by atoms with E-state index in [1.54, 1.807) is 17.0 Å². The van der Waals surface area contributed by atoms with Crippen molar-refractivity contribution in [2.75, 3.05) is 32.6 Å². The second kappa shape index (κ2) is 8.17. The molecule has 0 atom stereocenters. The number of hydrogen-bond acceptors (Lipinski definition) is 5. The summed E-state index contributed by atoms with van der Waals surface area (Å²) in [7, 11) is 3.34. The van der Waals surface area contributed by atoms with Crippen molar-refractivity contribution in [3.05, 3.63) is 58.7 Å². The van der Waals surface area contributed by atoms with Gasteiger partial charge in [-0.2, -0.15) is 4.98 Å². The Labute approximate surface area is 192 Å². The van der Waals surface area contributed by atoms with Gasteiger partial charge in [-0.1, -0.05) is 25.1 Å². The zero-order chi connectivity index (χ0) is 23.2. The first-order valence-electron chi connectivity index (χ1n) is 11.4. The Morgan fingerprint density at radius 3 is 2.58 bits per heavy atom. The van der Waals surface area contributed by atoms with E-state index >= 15 is 4.39 Å². The van der Waals surface area contributed by atoms with Crippen LogP contribution in [0.15, 0.2) is 36.4 Å². The van der Waals surface area contributed by atoms with Gasteiger partial charge in [-0.25, -0.2) is 4.39 Å². The summed E-state index contributed by atoms with van der Waals surface area (Å²) in [5, 5.41) is 10.0. The standard InChI is InChI=1S/C25H28FN5O2/c1-4-15-11-19(16-5-6-16)21(22-28-24(33-3)30-29-22)12-20(15)23(32)31-13-25(26,14-31)17-7-9-18(27-2)10-8-17/h7-12,16,27H,4-6,13-14H2,1-3H3,(H,28,29,30). The number of anilines is 1. The van der Waals surface area contributed by atoms with Crippen molar-refractivity contribution in [3.8, 4) is 17.4 Å². The van der Waals surface area contributed by atoms with E-state index < -0.39 is 5.67 Å². The summed E-state index contributed by atoms with van der Waals surface area (Å²) in [4.78, 5) is 19.4. The van der Waals surface area contributed by atoms with Crippen molar-refractivity contribution in [2.45, 2.75) is 37.8 Å². The number of methoxy groups -OCH3 is 1. The first-order chi connectivity index (χ1) is 16.0. The van der Waals surface area contributed by atoms with Crippen molar-refractivity contribution >= 4 is 11.6 Å². The van der Waals surface area contributed by atoms with E-state index in [4.69, 9.17) is 4.74 Å². The first kappa shape index (κ1) is 21.4. The van der Waals surface area contributed by atoms with Crippen molar-refractivity contribution in [1.29, 1.82) is 0 Å². The number of H-pyrrole nitrogens is 1. The molecule has 1 aliphatic carbocycles. The summed E-state index contributed by atoms with van der Waals surface area (Å²) in [6.45, 7) is 2.13. The summed E-state index contributed by atoms with van der Waals surface area (Å²) in [6, 6.07) is 11.5. The van der Waals surface area contributed by atoms with E-state index in [-0.39, 0.29) is 25.0 Å². The van der Waals surface area contributed by atoms with Gasteiger partial charge in [0.05, 0.1) is 20.2 Å². The number of alkyl halides is 1. The predicted molar refractivity (Wildman–Crippen MR) is 124 cm³/mol. The number of nitrogens with zero attached hydrogens (tertiary/aromatic N) is 3. The third-order valence-electron chi connectivity index (χ3n) is 6.67. The third-order valence-corrected chi connectivity index (χ3v) is 6.67. The molecule has 0 spiro atoms. The van der Waals surface area contributed by atoms with Gasteiger partial charge in [0, 0.05) is 23.9 Å². The average molecular weight is 450 g/mol. The minimum absolute atomic E-state index is 0.0454. The summed E-state index contributed by atoms with van der Waals surface area (Å²) in [5.74, 6) is 0.897. The van der Waals surface area contributed by atoms with Gasteiger partial charge in [0.15, 0.2) is 11.5 Å². The highest BCUT2D eigenvalue weighted by atomic mass is 19.1. The smallest absolute Gasteiger partial charge is 0.335 e. The number of nitrogens with one attached hydrogen (secondary N) is 2. The van der Waals surface area contributed by atoms with Gasteiger partial charge in [-0.15, -0.1) is 5.10 Å². The minimum atomic E-state index is -1.52. The molecule has 0 radical (unpaired) electrons. The first-order valence-corrected chi connectivity index (χ1v) is 11.4. The van der Waals surface area contributed by atoms with Crippen molar-refractivity contribution in [2.24, 2.45) is 0 Å². The number of halogens is 1. The monoisotopic (exact) mass is 449 g/mol. The maximum absolute atomic E-state index is 15.5. The van der Waals surface area contributed by atoms with Crippen LogP contribution in [-0.2, 0) is 12.1 Å². The van der Waals surface area contributed by atoms with Gasteiger partial charge in [0.2, 0.25) is 0 Å². The number of ether oxygens (including phenoxy) is 1. The summed E-state index contributed by atoms with van der Waals surface area (Å²) >= 11 is 0. The normalized spacial score (nSPS) is 16.9. The number of amides is 1. The number of carbonyl (C=O) groups excluding carboxylic acids is 1. The van der Waals surface area contributed by atoms with Crippen LogP contribution in [-0.4, -0.2) is 53.2 Å². The Morgan fingerprint density at radius 1 is 1.27 bits per heavy atom. The van der Waals surface area contributed by atoms with Crippen LogP contribution < -0.4 is 10.1 Å². The molecule has 1 saturated heterocycles. The van der Waals surface area contributed by atoms with Gasteiger partial charge in [-0.3, -0.25) is 9.89 Å². The van der Waals surface area contributed by atoms with Crippen LogP contribution in [0.3, 0.4) is 0 Å². The van der Waals surface area contributed by atoms with Gasteiger partial charge < -0.3 is 15.0 Å². The van der Waals surface area contributed by atoms with Crippen LogP contribution in [0.25, 0.3) is 11.4 Å². The lowest BCUT2D eigenvalue weighted by molar-refractivity contribution is -0.0231. The highest BCUT2D eigenvalue weighted by Crippen LogP contribution is 2.45. The molecule has 1 aliphatic heterocycles. The lowest BCUT2D eigenvalue weighted by Gasteiger charge is -2.45. The molecular weight excluding hydrogens is 421 g/mol. The predicted octanol–water partition coefficient (Wildman–Crippen LogP) is 4.28. The SMILES string of the molecule is CCc1cc(C2CC2)c(-c2nc(OC)n[nH]2)cc1C(=O)N1CC(F)(c2ccc(NC)cc2)C1. The molecule has 2 aliphatic rings. The lowest BCUT2D eigenvalue weighted by atomic mass is 9.86. The second-order valence-electron chi connectivity index (χ2n) is 8.85. The van der Waals surface area contributed by atoms with Crippen molar-refractivity contribution in [1.82, 2.24) is 20.1 Å². The molecule has 172 valence electrons. The van der Waals surface area contributed by atoms with E-state index in [0.717, 1.165) is 36.1 Å². The molecule has 7 nitrogen and oxygen atoms in total. The Hall–Kier alpha value is -3.42. The number of aromatic amines is 1. The average Bonchev–Trinajstić information content (AvgIpc) is 3.57. The van der Waals surface area contributed by atoms with Crippen LogP contribution in [0.5, 0.6) is 6.01 Å². The van der Waals surface area contributed by atoms with Crippen LogP contribution >= 0.6 is 0 Å². The van der Waals surface area contributed by atoms with Crippen molar-refractivity contribution < 1.29 is 13.9 Å². The number of hydrogen-bond donors (Lipinski definition) is 2. The van der Waals surface area contributed by atoms with Gasteiger partial charge >= 0.3 is 6.01 Å².